The Morgan fingerprint density at radius 3 is 2.22 bits per heavy atom. The van der Waals surface area contributed by atoms with E-state index in [0.29, 0.717) is 21.2 Å². The van der Waals surface area contributed by atoms with Crippen LogP contribution in [0.1, 0.15) is 50.2 Å². The maximum atomic E-state index is 14.1. The van der Waals surface area contributed by atoms with Crippen molar-refractivity contribution in [3.63, 3.8) is 0 Å². The van der Waals surface area contributed by atoms with Crippen molar-refractivity contribution < 1.29 is 18.0 Å². The van der Waals surface area contributed by atoms with Crippen molar-refractivity contribution in [2.75, 3.05) is 10.8 Å². The summed E-state index contributed by atoms with van der Waals surface area (Å²) in [6.45, 7) is 2.86. The summed E-state index contributed by atoms with van der Waals surface area (Å²) >= 11 is 12.8. The van der Waals surface area contributed by atoms with Gasteiger partial charge in [0.05, 0.1) is 10.6 Å². The second-order valence-corrected chi connectivity index (χ2v) is 13.0. The van der Waals surface area contributed by atoms with Gasteiger partial charge in [-0.2, -0.15) is 0 Å². The van der Waals surface area contributed by atoms with Crippen LogP contribution in [0.4, 0.5) is 5.69 Å². The summed E-state index contributed by atoms with van der Waals surface area (Å²) in [5.41, 5.74) is 1.45. The van der Waals surface area contributed by atoms with Gasteiger partial charge in [-0.25, -0.2) is 8.42 Å². The number of hydrogen-bond donors (Lipinski definition) is 1. The van der Waals surface area contributed by atoms with Crippen LogP contribution in [0.15, 0.2) is 77.7 Å². The maximum absolute atomic E-state index is 14.1. The molecule has 4 rings (SSSR count). The lowest BCUT2D eigenvalue weighted by Gasteiger charge is -2.33. The molecule has 1 fully saturated rings. The summed E-state index contributed by atoms with van der Waals surface area (Å²) < 4.78 is 29.0. The third-order valence-corrected chi connectivity index (χ3v) is 10.1. The van der Waals surface area contributed by atoms with E-state index in [1.807, 2.05) is 0 Å². The van der Waals surface area contributed by atoms with Crippen LogP contribution in [0.5, 0.6) is 0 Å². The van der Waals surface area contributed by atoms with Crippen LogP contribution in [-0.4, -0.2) is 43.8 Å². The Hall–Kier alpha value is -3.07. The Labute approximate surface area is 252 Å². The molecule has 0 aromatic heterocycles. The van der Waals surface area contributed by atoms with E-state index in [2.05, 4.69) is 5.32 Å². The van der Waals surface area contributed by atoms with Crippen molar-refractivity contribution in [3.8, 4) is 0 Å². The minimum Gasteiger partial charge on any atom is -0.352 e. The maximum Gasteiger partial charge on any atom is 0.264 e. The zero-order valence-electron chi connectivity index (χ0n) is 23.2. The standard InChI is InChI=1S/C31H35Cl2N3O4S/c1-22-27(32)18-11-19-29(22)36(41(39,40)26-15-7-4-8-16-26)21-30(37)35(20-24-12-9-10-17-28(24)33)23(2)31(38)34-25-13-5-3-6-14-25/h4,7-12,15-19,23,25H,3,5-6,13-14,20-21H2,1-2H3,(H,34,38)/t23-/m1/s1. The van der Waals surface area contributed by atoms with E-state index in [1.165, 1.54) is 17.0 Å². The minimum absolute atomic E-state index is 0.0332. The van der Waals surface area contributed by atoms with E-state index >= 15 is 0 Å². The molecule has 0 aliphatic heterocycles. The summed E-state index contributed by atoms with van der Waals surface area (Å²) in [5.74, 6) is -0.830. The molecule has 0 unspecified atom stereocenters. The molecule has 41 heavy (non-hydrogen) atoms. The Morgan fingerprint density at radius 2 is 1.54 bits per heavy atom. The number of carbonyl (C=O) groups excluding carboxylic acids is 2. The van der Waals surface area contributed by atoms with Gasteiger partial charge in [0.25, 0.3) is 10.0 Å². The highest BCUT2D eigenvalue weighted by Gasteiger charge is 2.34. The Morgan fingerprint density at radius 1 is 0.902 bits per heavy atom. The summed E-state index contributed by atoms with van der Waals surface area (Å²) in [6.07, 6.45) is 5.04. The number of rotatable bonds is 10. The number of hydrogen-bond acceptors (Lipinski definition) is 4. The molecule has 0 heterocycles. The lowest BCUT2D eigenvalue weighted by molar-refractivity contribution is -0.139. The zero-order chi connectivity index (χ0) is 29.6. The van der Waals surface area contributed by atoms with E-state index in [9.17, 15) is 18.0 Å². The van der Waals surface area contributed by atoms with Gasteiger partial charge in [-0.05, 0) is 68.1 Å². The summed E-state index contributed by atoms with van der Waals surface area (Å²) in [6, 6.07) is 19.1. The predicted molar refractivity (Wildman–Crippen MR) is 164 cm³/mol. The molecule has 1 aliphatic rings. The average molecular weight is 617 g/mol. The molecular weight excluding hydrogens is 581 g/mol. The highest BCUT2D eigenvalue weighted by atomic mass is 35.5. The summed E-state index contributed by atoms with van der Waals surface area (Å²) in [4.78, 5) is 29.0. The van der Waals surface area contributed by atoms with Gasteiger partial charge in [-0.15, -0.1) is 0 Å². The fraction of sp³-hybridized carbons (Fsp3) is 0.355. The molecule has 3 aromatic carbocycles. The molecule has 1 saturated carbocycles. The van der Waals surface area contributed by atoms with Crippen LogP contribution >= 0.6 is 23.2 Å². The molecule has 218 valence electrons. The zero-order valence-corrected chi connectivity index (χ0v) is 25.6. The van der Waals surface area contributed by atoms with Gasteiger partial charge in [-0.3, -0.25) is 13.9 Å². The van der Waals surface area contributed by atoms with Crippen molar-refractivity contribution in [2.24, 2.45) is 0 Å². The predicted octanol–water partition coefficient (Wildman–Crippen LogP) is 6.36. The molecule has 0 radical (unpaired) electrons. The molecule has 7 nitrogen and oxygen atoms in total. The van der Waals surface area contributed by atoms with Crippen LogP contribution in [-0.2, 0) is 26.2 Å². The molecule has 0 spiro atoms. The molecular formula is C31H35Cl2N3O4S. The monoisotopic (exact) mass is 615 g/mol. The van der Waals surface area contributed by atoms with Gasteiger partial charge in [0.2, 0.25) is 11.8 Å². The second-order valence-electron chi connectivity index (χ2n) is 10.3. The molecule has 2 amide bonds. The summed E-state index contributed by atoms with van der Waals surface area (Å²) in [5, 5.41) is 3.92. The van der Waals surface area contributed by atoms with Crippen molar-refractivity contribution in [3.05, 3.63) is 94.0 Å². The highest BCUT2D eigenvalue weighted by molar-refractivity contribution is 7.92. The van der Waals surface area contributed by atoms with Crippen molar-refractivity contribution in [2.45, 2.75) is 69.5 Å². The number of sulfonamides is 1. The van der Waals surface area contributed by atoms with Gasteiger partial charge in [0, 0.05) is 22.6 Å². The smallest absolute Gasteiger partial charge is 0.264 e. The highest BCUT2D eigenvalue weighted by Crippen LogP contribution is 2.31. The fourth-order valence-corrected chi connectivity index (χ4v) is 6.92. The van der Waals surface area contributed by atoms with Gasteiger partial charge < -0.3 is 10.2 Å². The third kappa shape index (κ3) is 7.42. The number of nitrogens with zero attached hydrogens (tertiary/aromatic N) is 2. The molecule has 1 aliphatic carbocycles. The van der Waals surface area contributed by atoms with Crippen molar-refractivity contribution >= 4 is 50.7 Å². The largest absolute Gasteiger partial charge is 0.352 e. The topological polar surface area (TPSA) is 86.8 Å². The number of anilines is 1. The fourth-order valence-electron chi connectivity index (χ4n) is 5.06. The molecule has 1 atom stereocenters. The number of carbonyl (C=O) groups is 2. The van der Waals surface area contributed by atoms with E-state index in [-0.39, 0.29) is 29.1 Å². The van der Waals surface area contributed by atoms with Crippen LogP contribution < -0.4 is 9.62 Å². The van der Waals surface area contributed by atoms with Crippen molar-refractivity contribution in [1.29, 1.82) is 0 Å². The lowest BCUT2D eigenvalue weighted by atomic mass is 9.95. The van der Waals surface area contributed by atoms with Crippen LogP contribution in [0.3, 0.4) is 0 Å². The SMILES string of the molecule is Cc1c(Cl)cccc1N(CC(=O)N(Cc1ccccc1Cl)[C@H](C)C(=O)NC1CCCCC1)S(=O)(=O)c1ccccc1. The number of benzene rings is 3. The van der Waals surface area contributed by atoms with E-state index < -0.39 is 28.5 Å². The molecule has 0 bridgehead atoms. The first-order chi connectivity index (χ1) is 19.6. The Bertz CT molecular complexity index is 1480. The second kappa shape index (κ2) is 13.7. The van der Waals surface area contributed by atoms with Crippen LogP contribution in [0.2, 0.25) is 10.0 Å². The average Bonchev–Trinajstić information content (AvgIpc) is 2.97. The van der Waals surface area contributed by atoms with Gasteiger partial charge in [0.15, 0.2) is 0 Å². The quantitative estimate of drug-likeness (QED) is 0.287. The van der Waals surface area contributed by atoms with Gasteiger partial charge in [0.1, 0.15) is 12.6 Å². The van der Waals surface area contributed by atoms with Gasteiger partial charge >= 0.3 is 0 Å². The number of nitrogens with one attached hydrogen (secondary N) is 1. The molecule has 3 aromatic rings. The molecule has 1 N–H and O–H groups in total. The first kappa shape index (κ1) is 30.9. The van der Waals surface area contributed by atoms with Crippen LogP contribution in [0.25, 0.3) is 0 Å². The minimum atomic E-state index is -4.17. The Kier molecular flexibility index (Phi) is 10.3. The number of amides is 2. The first-order valence-corrected chi connectivity index (χ1v) is 16.0. The van der Waals surface area contributed by atoms with Crippen molar-refractivity contribution in [1.82, 2.24) is 10.2 Å². The van der Waals surface area contributed by atoms with E-state index in [0.717, 1.165) is 36.4 Å². The van der Waals surface area contributed by atoms with E-state index in [1.54, 1.807) is 74.5 Å². The third-order valence-electron chi connectivity index (χ3n) is 7.54. The number of halogens is 2. The molecule has 10 heteroatoms. The van der Waals surface area contributed by atoms with Crippen LogP contribution in [0, 0.1) is 6.92 Å². The lowest BCUT2D eigenvalue weighted by Crippen LogP contribution is -2.53. The first-order valence-electron chi connectivity index (χ1n) is 13.8. The Balaban J connectivity index is 1.71. The van der Waals surface area contributed by atoms with E-state index in [4.69, 9.17) is 23.2 Å². The molecule has 0 saturated heterocycles. The normalized spacial score (nSPS) is 14.7. The summed E-state index contributed by atoms with van der Waals surface area (Å²) in [7, 11) is -4.17. The van der Waals surface area contributed by atoms with Gasteiger partial charge in [-0.1, -0.05) is 84.9 Å².